The highest BCUT2D eigenvalue weighted by Crippen LogP contribution is 2.15. The summed E-state index contributed by atoms with van der Waals surface area (Å²) in [6, 6.07) is 8.39. The summed E-state index contributed by atoms with van der Waals surface area (Å²) in [6.07, 6.45) is 10.4. The van der Waals surface area contributed by atoms with Gasteiger partial charge in [-0.15, -0.1) is 0 Å². The van der Waals surface area contributed by atoms with E-state index in [1.165, 1.54) is 44.1 Å². The smallest absolute Gasteiger partial charge is 0.305 e. The molecule has 0 aliphatic carbocycles. The minimum Gasteiger partial charge on any atom is -0.491 e. The Bertz CT molecular complexity index is 500. The van der Waals surface area contributed by atoms with Gasteiger partial charge in [0.2, 0.25) is 0 Å². The van der Waals surface area contributed by atoms with Crippen molar-refractivity contribution in [2.75, 3.05) is 39.6 Å². The highest BCUT2D eigenvalue weighted by molar-refractivity contribution is 5.69. The molecule has 5 heteroatoms. The number of aryl methyl sites for hydroxylation is 1. The molecule has 0 saturated heterocycles. The number of rotatable bonds is 19. The lowest BCUT2D eigenvalue weighted by atomic mass is 10.0. The van der Waals surface area contributed by atoms with Gasteiger partial charge in [0.05, 0.1) is 26.4 Å². The zero-order chi connectivity index (χ0) is 21.0. The number of ether oxygens (including phenoxy) is 4. The molecule has 0 atom stereocenters. The Kier molecular flexibility index (Phi) is 16.2. The Morgan fingerprint density at radius 1 is 0.724 bits per heavy atom. The lowest BCUT2D eigenvalue weighted by Gasteiger charge is -2.09. The highest BCUT2D eigenvalue weighted by Gasteiger charge is 2.00. The quantitative estimate of drug-likeness (QED) is 0.228. The average molecular weight is 409 g/mol. The number of carbonyl (C=O) groups is 1. The van der Waals surface area contributed by atoms with Crippen molar-refractivity contribution in [1.29, 1.82) is 0 Å². The van der Waals surface area contributed by atoms with Gasteiger partial charge in [0.1, 0.15) is 19.0 Å². The number of esters is 1. The van der Waals surface area contributed by atoms with Crippen molar-refractivity contribution >= 4 is 5.97 Å². The van der Waals surface area contributed by atoms with Crippen LogP contribution in [0.15, 0.2) is 24.3 Å². The fourth-order valence-electron chi connectivity index (χ4n) is 2.89. The molecule has 0 bridgehead atoms. The molecule has 0 aliphatic rings. The molecule has 0 aliphatic heterocycles. The maximum Gasteiger partial charge on any atom is 0.305 e. The Labute approximate surface area is 177 Å². The Morgan fingerprint density at radius 2 is 1.34 bits per heavy atom. The Hall–Kier alpha value is -1.59. The molecule has 5 nitrogen and oxygen atoms in total. The molecular weight excluding hydrogens is 368 g/mol. The van der Waals surface area contributed by atoms with Crippen molar-refractivity contribution in [3.05, 3.63) is 29.8 Å². The molecule has 0 unspecified atom stereocenters. The van der Waals surface area contributed by atoms with Crippen LogP contribution in [-0.4, -0.2) is 45.6 Å². The van der Waals surface area contributed by atoms with E-state index >= 15 is 0 Å². The van der Waals surface area contributed by atoms with Crippen LogP contribution in [0.5, 0.6) is 5.75 Å². The molecular formula is C24H40O5. The second-order valence-corrected chi connectivity index (χ2v) is 7.21. The minimum absolute atomic E-state index is 0.167. The largest absolute Gasteiger partial charge is 0.491 e. The lowest BCUT2D eigenvalue weighted by Crippen LogP contribution is -2.14. The van der Waals surface area contributed by atoms with Crippen molar-refractivity contribution in [1.82, 2.24) is 0 Å². The molecule has 0 amide bonds. The van der Waals surface area contributed by atoms with E-state index < -0.39 is 0 Å². The summed E-state index contributed by atoms with van der Waals surface area (Å²) in [5.41, 5.74) is 1.38. The van der Waals surface area contributed by atoms with Gasteiger partial charge in [-0.05, 0) is 37.0 Å². The predicted octanol–water partition coefficient (Wildman–Crippen LogP) is 5.34. The molecule has 0 aromatic heterocycles. The molecule has 166 valence electrons. The van der Waals surface area contributed by atoms with Gasteiger partial charge in [-0.3, -0.25) is 4.79 Å². The van der Waals surface area contributed by atoms with Gasteiger partial charge < -0.3 is 18.9 Å². The van der Waals surface area contributed by atoms with Crippen LogP contribution in [-0.2, 0) is 25.4 Å². The first-order valence-corrected chi connectivity index (χ1v) is 11.3. The van der Waals surface area contributed by atoms with Crippen LogP contribution in [0.25, 0.3) is 0 Å². The summed E-state index contributed by atoms with van der Waals surface area (Å²) in [5, 5.41) is 0. The maximum absolute atomic E-state index is 11.2. The zero-order valence-corrected chi connectivity index (χ0v) is 18.5. The molecule has 29 heavy (non-hydrogen) atoms. The van der Waals surface area contributed by atoms with Crippen molar-refractivity contribution in [2.45, 2.75) is 71.6 Å². The van der Waals surface area contributed by atoms with Gasteiger partial charge in [0, 0.05) is 6.42 Å². The third-order valence-corrected chi connectivity index (χ3v) is 4.56. The van der Waals surface area contributed by atoms with Gasteiger partial charge in [-0.2, -0.15) is 0 Å². The van der Waals surface area contributed by atoms with Crippen molar-refractivity contribution in [2.24, 2.45) is 0 Å². The topological polar surface area (TPSA) is 54.0 Å². The highest BCUT2D eigenvalue weighted by atomic mass is 16.6. The van der Waals surface area contributed by atoms with E-state index in [0.717, 1.165) is 18.6 Å². The van der Waals surface area contributed by atoms with Crippen molar-refractivity contribution in [3.8, 4) is 5.75 Å². The molecule has 0 spiro atoms. The summed E-state index contributed by atoms with van der Waals surface area (Å²) >= 11 is 0. The van der Waals surface area contributed by atoms with Gasteiger partial charge in [-0.1, -0.05) is 58.1 Å². The fraction of sp³-hybridized carbons (Fsp3) is 0.708. The van der Waals surface area contributed by atoms with Crippen LogP contribution in [0, 0.1) is 0 Å². The predicted molar refractivity (Wildman–Crippen MR) is 117 cm³/mol. The first kappa shape index (κ1) is 25.4. The van der Waals surface area contributed by atoms with E-state index in [-0.39, 0.29) is 5.97 Å². The summed E-state index contributed by atoms with van der Waals surface area (Å²) in [7, 11) is 0. The van der Waals surface area contributed by atoms with Crippen LogP contribution < -0.4 is 4.74 Å². The van der Waals surface area contributed by atoms with E-state index in [4.69, 9.17) is 18.9 Å². The average Bonchev–Trinajstić information content (AvgIpc) is 2.73. The summed E-state index contributed by atoms with van der Waals surface area (Å²) in [4.78, 5) is 11.2. The number of unbranched alkanes of at least 4 members (excludes halogenated alkanes) is 5. The number of hydrogen-bond acceptors (Lipinski definition) is 5. The first-order valence-electron chi connectivity index (χ1n) is 11.3. The lowest BCUT2D eigenvalue weighted by molar-refractivity contribution is -0.145. The first-order chi connectivity index (χ1) is 14.3. The van der Waals surface area contributed by atoms with Gasteiger partial charge in [0.25, 0.3) is 0 Å². The van der Waals surface area contributed by atoms with E-state index in [0.29, 0.717) is 46.1 Å². The normalized spacial score (nSPS) is 10.8. The molecule has 0 heterocycles. The van der Waals surface area contributed by atoms with Gasteiger partial charge in [0.15, 0.2) is 0 Å². The summed E-state index contributed by atoms with van der Waals surface area (Å²) < 4.78 is 21.5. The summed E-state index contributed by atoms with van der Waals surface area (Å²) in [6.45, 7) is 6.94. The van der Waals surface area contributed by atoms with Crippen LogP contribution in [0.4, 0.5) is 0 Å². The van der Waals surface area contributed by atoms with Crippen molar-refractivity contribution < 1.29 is 23.7 Å². The zero-order valence-electron chi connectivity index (χ0n) is 18.5. The minimum atomic E-state index is -0.167. The number of benzene rings is 1. The molecule has 1 aromatic carbocycles. The standard InChI is InChI=1S/C24H40O5/c1-3-5-6-7-8-9-11-22-12-14-23(15-13-22)28-20-18-26-16-17-27-19-21-29-24(25)10-4-2/h12-15H,3-11,16-21H2,1-2H3. The molecule has 0 radical (unpaired) electrons. The number of carbonyl (C=O) groups excluding carboxylic acids is 1. The Balaban J connectivity index is 1.93. The fourth-order valence-corrected chi connectivity index (χ4v) is 2.89. The molecule has 0 fully saturated rings. The Morgan fingerprint density at radius 3 is 2.03 bits per heavy atom. The van der Waals surface area contributed by atoms with E-state index in [2.05, 4.69) is 19.1 Å². The monoisotopic (exact) mass is 408 g/mol. The second kappa shape index (κ2) is 18.4. The maximum atomic E-state index is 11.2. The van der Waals surface area contributed by atoms with Crippen LogP contribution in [0.2, 0.25) is 0 Å². The van der Waals surface area contributed by atoms with Gasteiger partial charge >= 0.3 is 5.97 Å². The molecule has 1 aromatic rings. The third kappa shape index (κ3) is 15.0. The third-order valence-electron chi connectivity index (χ3n) is 4.56. The van der Waals surface area contributed by atoms with Crippen molar-refractivity contribution in [3.63, 3.8) is 0 Å². The van der Waals surface area contributed by atoms with Crippen LogP contribution >= 0.6 is 0 Å². The van der Waals surface area contributed by atoms with Gasteiger partial charge in [-0.25, -0.2) is 0 Å². The summed E-state index contributed by atoms with van der Waals surface area (Å²) in [5.74, 6) is 0.713. The molecule has 1 rings (SSSR count). The van der Waals surface area contributed by atoms with E-state index in [1.807, 2.05) is 19.1 Å². The number of hydrogen-bond donors (Lipinski definition) is 0. The van der Waals surface area contributed by atoms with Crippen LogP contribution in [0.3, 0.4) is 0 Å². The molecule has 0 saturated carbocycles. The van der Waals surface area contributed by atoms with E-state index in [9.17, 15) is 4.79 Å². The second-order valence-electron chi connectivity index (χ2n) is 7.21. The SMILES string of the molecule is CCCCCCCCc1ccc(OCCOCCOCCOC(=O)CCC)cc1. The van der Waals surface area contributed by atoms with Crippen LogP contribution in [0.1, 0.15) is 70.8 Å². The van der Waals surface area contributed by atoms with E-state index in [1.54, 1.807) is 0 Å². The molecule has 0 N–H and O–H groups in total.